The first-order valence-electron chi connectivity index (χ1n) is 5.59. The largest absolute Gasteiger partial charge is 0.235 e. The van der Waals surface area contributed by atoms with Crippen molar-refractivity contribution in [1.29, 1.82) is 0 Å². The normalized spacial score (nSPS) is 11.3. The lowest BCUT2D eigenvalue weighted by Gasteiger charge is -1.96. The van der Waals surface area contributed by atoms with E-state index in [1.54, 1.807) is 22.7 Å². The third kappa shape index (κ3) is 1.46. The molecule has 0 aliphatic heterocycles. The SMILES string of the molecule is c1ccc2c(c1)sc1cnc(-c3ccsc3)nc12. The fraction of sp³-hybridized carbons (Fsp3) is 0. The highest BCUT2D eigenvalue weighted by Crippen LogP contribution is 2.33. The number of aromatic nitrogens is 2. The van der Waals surface area contributed by atoms with Gasteiger partial charge in [0.1, 0.15) is 0 Å². The standard InChI is InChI=1S/C14H8N2S2/c1-2-4-11-10(3-1)13-12(18-11)7-15-14(16-13)9-5-6-17-8-9/h1-8H. The molecule has 4 rings (SSSR count). The van der Waals surface area contributed by atoms with Crippen molar-refractivity contribution >= 4 is 43.0 Å². The average molecular weight is 268 g/mol. The number of thiophene rings is 2. The summed E-state index contributed by atoms with van der Waals surface area (Å²) in [5.41, 5.74) is 2.16. The van der Waals surface area contributed by atoms with Crippen molar-refractivity contribution in [3.05, 3.63) is 47.3 Å². The van der Waals surface area contributed by atoms with E-state index in [2.05, 4.69) is 46.1 Å². The zero-order chi connectivity index (χ0) is 11.9. The minimum atomic E-state index is 0.812. The lowest BCUT2D eigenvalue weighted by atomic mass is 10.2. The minimum absolute atomic E-state index is 0.812. The molecular weight excluding hydrogens is 260 g/mol. The Kier molecular flexibility index (Phi) is 2.18. The smallest absolute Gasteiger partial charge is 0.160 e. The monoisotopic (exact) mass is 268 g/mol. The van der Waals surface area contributed by atoms with Crippen LogP contribution in [0.1, 0.15) is 0 Å². The number of fused-ring (bicyclic) bond motifs is 3. The van der Waals surface area contributed by atoms with Crippen LogP contribution >= 0.6 is 22.7 Å². The van der Waals surface area contributed by atoms with Crippen LogP contribution in [0.15, 0.2) is 47.3 Å². The molecule has 0 amide bonds. The van der Waals surface area contributed by atoms with Crippen LogP contribution in [0.5, 0.6) is 0 Å². The number of hydrogen-bond donors (Lipinski definition) is 0. The van der Waals surface area contributed by atoms with Gasteiger partial charge in [-0.3, -0.25) is 0 Å². The fourth-order valence-corrected chi connectivity index (χ4v) is 3.69. The summed E-state index contributed by atoms with van der Waals surface area (Å²) in [5, 5.41) is 5.35. The van der Waals surface area contributed by atoms with Crippen molar-refractivity contribution in [2.24, 2.45) is 0 Å². The van der Waals surface area contributed by atoms with Crippen molar-refractivity contribution in [2.75, 3.05) is 0 Å². The molecule has 0 N–H and O–H groups in total. The van der Waals surface area contributed by atoms with E-state index >= 15 is 0 Å². The van der Waals surface area contributed by atoms with Crippen molar-refractivity contribution in [2.45, 2.75) is 0 Å². The Balaban J connectivity index is 2.07. The van der Waals surface area contributed by atoms with Crippen molar-refractivity contribution in [1.82, 2.24) is 9.97 Å². The molecule has 0 radical (unpaired) electrons. The molecule has 4 heteroatoms. The van der Waals surface area contributed by atoms with Crippen LogP contribution in [0.4, 0.5) is 0 Å². The first-order valence-corrected chi connectivity index (χ1v) is 7.34. The van der Waals surface area contributed by atoms with E-state index in [4.69, 9.17) is 4.98 Å². The Bertz CT molecular complexity index is 831. The summed E-state index contributed by atoms with van der Waals surface area (Å²) in [6.07, 6.45) is 1.93. The number of rotatable bonds is 1. The third-order valence-electron chi connectivity index (χ3n) is 2.90. The molecule has 0 unspecified atom stereocenters. The molecule has 3 aromatic heterocycles. The van der Waals surface area contributed by atoms with Crippen molar-refractivity contribution in [3.8, 4) is 11.4 Å². The molecule has 1 aromatic carbocycles. The molecule has 0 bridgehead atoms. The van der Waals surface area contributed by atoms with Crippen molar-refractivity contribution in [3.63, 3.8) is 0 Å². The van der Waals surface area contributed by atoms with Gasteiger partial charge in [0, 0.05) is 27.2 Å². The van der Waals surface area contributed by atoms with Gasteiger partial charge in [-0.15, -0.1) is 11.3 Å². The van der Waals surface area contributed by atoms with Gasteiger partial charge in [-0.2, -0.15) is 11.3 Å². The van der Waals surface area contributed by atoms with Crippen LogP contribution in [-0.4, -0.2) is 9.97 Å². The van der Waals surface area contributed by atoms with E-state index in [9.17, 15) is 0 Å². The molecule has 0 aliphatic carbocycles. The van der Waals surface area contributed by atoms with Crippen LogP contribution in [0.25, 0.3) is 31.7 Å². The number of benzene rings is 1. The second-order valence-electron chi connectivity index (χ2n) is 4.02. The molecule has 86 valence electrons. The Morgan fingerprint density at radius 1 is 1.00 bits per heavy atom. The van der Waals surface area contributed by atoms with E-state index < -0.39 is 0 Å². The van der Waals surface area contributed by atoms with Crippen LogP contribution in [0.2, 0.25) is 0 Å². The zero-order valence-electron chi connectivity index (χ0n) is 9.33. The van der Waals surface area contributed by atoms with Gasteiger partial charge < -0.3 is 0 Å². The summed E-state index contributed by atoms with van der Waals surface area (Å²) < 4.78 is 2.42. The number of hydrogen-bond acceptors (Lipinski definition) is 4. The van der Waals surface area contributed by atoms with Crippen LogP contribution < -0.4 is 0 Å². The fourth-order valence-electron chi connectivity index (χ4n) is 2.04. The van der Waals surface area contributed by atoms with Gasteiger partial charge in [0.15, 0.2) is 5.82 Å². The molecule has 18 heavy (non-hydrogen) atoms. The third-order valence-corrected chi connectivity index (χ3v) is 4.67. The predicted octanol–water partition coefficient (Wildman–Crippen LogP) is 4.57. The lowest BCUT2D eigenvalue weighted by molar-refractivity contribution is 1.24. The van der Waals surface area contributed by atoms with Gasteiger partial charge in [-0.25, -0.2) is 9.97 Å². The molecule has 0 atom stereocenters. The first kappa shape index (κ1) is 10.2. The van der Waals surface area contributed by atoms with Crippen LogP contribution in [-0.2, 0) is 0 Å². The predicted molar refractivity (Wildman–Crippen MR) is 78.2 cm³/mol. The zero-order valence-corrected chi connectivity index (χ0v) is 11.0. The van der Waals surface area contributed by atoms with E-state index in [-0.39, 0.29) is 0 Å². The quantitative estimate of drug-likeness (QED) is 0.505. The first-order chi connectivity index (χ1) is 8.92. The molecule has 4 aromatic rings. The molecule has 2 nitrogen and oxygen atoms in total. The minimum Gasteiger partial charge on any atom is -0.235 e. The Morgan fingerprint density at radius 3 is 2.83 bits per heavy atom. The van der Waals surface area contributed by atoms with E-state index in [0.29, 0.717) is 0 Å². The van der Waals surface area contributed by atoms with E-state index in [1.807, 2.05) is 6.20 Å². The highest BCUT2D eigenvalue weighted by Gasteiger charge is 2.08. The van der Waals surface area contributed by atoms with Gasteiger partial charge in [-0.05, 0) is 17.5 Å². The molecule has 0 spiro atoms. The van der Waals surface area contributed by atoms with Crippen LogP contribution in [0, 0.1) is 0 Å². The topological polar surface area (TPSA) is 25.8 Å². The number of nitrogens with zero attached hydrogens (tertiary/aromatic N) is 2. The van der Waals surface area contributed by atoms with Gasteiger partial charge in [0.05, 0.1) is 10.2 Å². The summed E-state index contributed by atoms with van der Waals surface area (Å²) >= 11 is 3.41. The van der Waals surface area contributed by atoms with Gasteiger partial charge in [0.2, 0.25) is 0 Å². The Hall–Kier alpha value is -1.78. The molecule has 0 saturated carbocycles. The molecular formula is C14H8N2S2. The summed E-state index contributed by atoms with van der Waals surface area (Å²) in [4.78, 5) is 9.16. The Morgan fingerprint density at radius 2 is 1.94 bits per heavy atom. The van der Waals surface area contributed by atoms with Crippen LogP contribution in [0.3, 0.4) is 0 Å². The summed E-state index contributed by atoms with van der Waals surface area (Å²) in [6, 6.07) is 10.4. The lowest BCUT2D eigenvalue weighted by Crippen LogP contribution is -1.85. The summed E-state index contributed by atoms with van der Waals surface area (Å²) in [7, 11) is 0. The molecule has 0 saturated heterocycles. The van der Waals surface area contributed by atoms with Gasteiger partial charge in [0.25, 0.3) is 0 Å². The summed E-state index contributed by atoms with van der Waals surface area (Å²) in [6.45, 7) is 0. The van der Waals surface area contributed by atoms with E-state index in [1.165, 1.54) is 10.1 Å². The van der Waals surface area contributed by atoms with Gasteiger partial charge in [-0.1, -0.05) is 18.2 Å². The second kappa shape index (κ2) is 3.86. The van der Waals surface area contributed by atoms with Crippen molar-refractivity contribution < 1.29 is 0 Å². The maximum atomic E-state index is 4.71. The maximum Gasteiger partial charge on any atom is 0.160 e. The van der Waals surface area contributed by atoms with Gasteiger partial charge >= 0.3 is 0 Å². The molecule has 0 fully saturated rings. The highest BCUT2D eigenvalue weighted by atomic mass is 32.1. The Labute approximate surface area is 112 Å². The molecule has 3 heterocycles. The van der Waals surface area contributed by atoms with E-state index in [0.717, 1.165) is 21.6 Å². The highest BCUT2D eigenvalue weighted by molar-refractivity contribution is 7.25. The second-order valence-corrected chi connectivity index (χ2v) is 5.88. The molecule has 0 aliphatic rings. The summed E-state index contributed by atoms with van der Waals surface area (Å²) in [5.74, 6) is 0.812. The average Bonchev–Trinajstić information content (AvgIpc) is 3.05. The maximum absolute atomic E-state index is 4.71.